The zero-order valence-electron chi connectivity index (χ0n) is 80.3. The minimum Gasteiger partial charge on any atom is -0.493 e. The average Bonchev–Trinajstić information content (AvgIpc) is 1.28. The number of alkyl halides is 4. The number of anilines is 2. The van der Waals surface area contributed by atoms with E-state index in [0.29, 0.717) is 83.8 Å². The van der Waals surface area contributed by atoms with Crippen molar-refractivity contribution in [3.8, 4) is 69.2 Å². The van der Waals surface area contributed by atoms with E-state index in [-0.39, 0.29) is 65.1 Å². The number of nitrogens with two attached hydrogens (primary N) is 4. The predicted molar refractivity (Wildman–Crippen MR) is 550 cm³/mol. The maximum absolute atomic E-state index is 13.8. The van der Waals surface area contributed by atoms with E-state index in [1.807, 2.05) is 109 Å². The summed E-state index contributed by atoms with van der Waals surface area (Å²) in [5.74, 6) is -3.44. The lowest BCUT2D eigenvalue weighted by Crippen LogP contribution is -2.52. The second-order valence-electron chi connectivity index (χ2n) is 37.6. The molecule has 728 valence electrons. The minimum absolute atomic E-state index is 0.0449. The number of aliphatic imine (C=N–C) groups is 4. The summed E-state index contributed by atoms with van der Waals surface area (Å²) < 4.78 is 65.7. The first-order valence-corrected chi connectivity index (χ1v) is 48.9. The third kappa shape index (κ3) is 21.5. The molecule has 8 heterocycles. The summed E-state index contributed by atoms with van der Waals surface area (Å²) in [6.45, 7) is 7.16. The van der Waals surface area contributed by atoms with Crippen molar-refractivity contribution in [2.24, 2.45) is 54.7 Å². The third-order valence-corrected chi connectivity index (χ3v) is 30.5. The van der Waals surface area contributed by atoms with Gasteiger partial charge in [0.25, 0.3) is 17.8 Å². The molecule has 2 fully saturated rings. The highest BCUT2D eigenvalue weighted by atomic mass is 35.5. The normalized spacial score (nSPS) is 21.4. The molecule has 8 aromatic carbocycles. The van der Waals surface area contributed by atoms with Crippen LogP contribution in [0.1, 0.15) is 190 Å². The Hall–Kier alpha value is -14.6. The van der Waals surface area contributed by atoms with Crippen LogP contribution >= 0.6 is 45.9 Å². The van der Waals surface area contributed by atoms with Crippen LogP contribution in [0.5, 0.6) is 11.5 Å². The fourth-order valence-corrected chi connectivity index (χ4v) is 22.2. The molecule has 18 rings (SSSR count). The molecule has 0 unspecified atom stereocenters. The van der Waals surface area contributed by atoms with E-state index in [0.717, 1.165) is 130 Å². The molecule has 0 bridgehead atoms. The number of ether oxygens (including phenoxy) is 2. The van der Waals surface area contributed by atoms with Crippen LogP contribution in [-0.2, 0) is 47.6 Å². The topological polar surface area (TPSA) is 377 Å². The van der Waals surface area contributed by atoms with Gasteiger partial charge in [-0.2, -0.15) is 21.0 Å². The Balaban J connectivity index is 0.000000146. The lowest BCUT2D eigenvalue weighted by atomic mass is 9.74. The highest BCUT2D eigenvalue weighted by Crippen LogP contribution is 2.52. The number of likely N-dealkylation sites (N-methyl/N-ethyl adjacent to an activating group) is 3. The number of rotatable bonds is 20. The van der Waals surface area contributed by atoms with Crippen molar-refractivity contribution in [3.05, 3.63) is 281 Å². The Kier molecular flexibility index (Phi) is 29.9. The molecule has 4 aliphatic heterocycles. The van der Waals surface area contributed by atoms with Gasteiger partial charge in [-0.15, -0.1) is 22.7 Å². The minimum atomic E-state index is -3.00. The molecule has 8 N–H and O–H groups in total. The molecule has 33 heteroatoms. The summed E-state index contributed by atoms with van der Waals surface area (Å²) in [5, 5.41) is 44.4. The van der Waals surface area contributed by atoms with Gasteiger partial charge in [0.15, 0.2) is 35.3 Å². The number of aromatic nitrogens is 2. The first-order chi connectivity index (χ1) is 67.6. The van der Waals surface area contributed by atoms with Crippen LogP contribution in [0.2, 0.25) is 10.0 Å². The lowest BCUT2D eigenvalue weighted by Gasteiger charge is -2.40. The summed E-state index contributed by atoms with van der Waals surface area (Å²) in [6.07, 6.45) is 13.3. The fourth-order valence-electron chi connectivity index (χ4n) is 19.8. The Morgan fingerprint density at radius 3 is 1.38 bits per heavy atom. The van der Waals surface area contributed by atoms with Crippen molar-refractivity contribution in [1.29, 1.82) is 21.0 Å². The molecule has 0 radical (unpaired) electrons. The van der Waals surface area contributed by atoms with Gasteiger partial charge in [0.2, 0.25) is 17.7 Å². The third-order valence-electron chi connectivity index (χ3n) is 27.8. The number of nitrogens with zero attached hydrogens (tertiary/aromatic N) is 15. The molecule has 6 aliphatic rings. The maximum Gasteiger partial charge on any atom is 0.270 e. The van der Waals surface area contributed by atoms with E-state index in [1.54, 1.807) is 71.3 Å². The monoisotopic (exact) mass is 1990 g/mol. The van der Waals surface area contributed by atoms with Gasteiger partial charge in [-0.3, -0.25) is 38.8 Å². The van der Waals surface area contributed by atoms with Gasteiger partial charge in [-0.1, -0.05) is 141 Å². The molecular weight excluding hydrogens is 1880 g/mol. The Morgan fingerprint density at radius 1 is 0.479 bits per heavy atom. The van der Waals surface area contributed by atoms with Gasteiger partial charge >= 0.3 is 0 Å². The van der Waals surface area contributed by atoms with E-state index < -0.39 is 45.8 Å². The second kappa shape index (κ2) is 41.7. The van der Waals surface area contributed by atoms with Gasteiger partial charge in [-0.05, 0) is 253 Å². The molecule has 4 aromatic heterocycles. The van der Waals surface area contributed by atoms with E-state index in [4.69, 9.17) is 70.6 Å². The summed E-state index contributed by atoms with van der Waals surface area (Å²) in [5.41, 5.74) is 30.6. The molecule has 12 aromatic rings. The average molecular weight is 1990 g/mol. The number of pyridine rings is 2. The van der Waals surface area contributed by atoms with E-state index in [2.05, 4.69) is 68.4 Å². The molecule has 142 heavy (non-hydrogen) atoms. The largest absolute Gasteiger partial charge is 0.493 e. The quantitative estimate of drug-likeness (QED) is 0.0515. The first-order valence-electron chi connectivity index (χ1n) is 46.4. The SMILES string of the molecule is CN1C(=O)[C@@H](c2ccc(C(C)(F)F)cc2)[C@@](C)(c2cc(-c3cc(C#N)cc(C#N)c3)cs2)N=C1N.CN1C(=O)[C@@](CCC2CCCCC2)(C[C@H]2CCC[C@@H](N(c3ccc4cc(Cl)ccc4n3)c3ccc4cc(Cl)ccc4n3)C2)N=C1N.CN1C(=O)[C@H](c2ccc(C(C)(F)F)cc2)[C@@](C)(c2cc(-c3cc(C#N)cc(C#N)c3)cs2)N=C1N.COc1ccc(-c2cccc([C@]3(C)CC(=O)N(C)C(N)=N3)c2)cc1OC. The summed E-state index contributed by atoms with van der Waals surface area (Å²) in [4.78, 5) is 91.2. The van der Waals surface area contributed by atoms with Crippen molar-refractivity contribution in [3.63, 3.8) is 0 Å². The van der Waals surface area contributed by atoms with Crippen molar-refractivity contribution in [1.82, 2.24) is 29.6 Å². The number of guanidine groups is 4. The van der Waals surface area contributed by atoms with Crippen LogP contribution in [-0.4, -0.2) is 131 Å². The molecule has 4 amide bonds. The van der Waals surface area contributed by atoms with Crippen LogP contribution in [0.3, 0.4) is 0 Å². The zero-order chi connectivity index (χ0) is 102. The molecule has 25 nitrogen and oxygen atoms in total. The Labute approximate surface area is 840 Å². The Bertz CT molecular complexity index is 6820. The van der Waals surface area contributed by atoms with Crippen LogP contribution in [0.4, 0.5) is 29.2 Å². The number of hydrogen-bond donors (Lipinski definition) is 4. The smallest absolute Gasteiger partial charge is 0.270 e. The molecule has 0 spiro atoms. The summed E-state index contributed by atoms with van der Waals surface area (Å²) in [7, 11) is 9.68. The number of hydrogen-bond acceptors (Lipinski definition) is 23. The number of fused-ring (bicyclic) bond motifs is 2. The summed E-state index contributed by atoms with van der Waals surface area (Å²) >= 11 is 15.3. The lowest BCUT2D eigenvalue weighted by molar-refractivity contribution is -0.132. The van der Waals surface area contributed by atoms with Gasteiger partial charge in [0.05, 0.1) is 95.6 Å². The van der Waals surface area contributed by atoms with Crippen molar-refractivity contribution in [2.75, 3.05) is 47.3 Å². The molecule has 2 saturated carbocycles. The number of methoxy groups -OCH3 is 2. The second-order valence-corrected chi connectivity index (χ2v) is 40.3. The molecule has 8 atom stereocenters. The summed E-state index contributed by atoms with van der Waals surface area (Å²) in [6, 6.07) is 67.0. The number of nitriles is 4. The van der Waals surface area contributed by atoms with Crippen LogP contribution in [0.25, 0.3) is 55.2 Å². The predicted octanol–water partition coefficient (Wildman–Crippen LogP) is 21.9. The maximum atomic E-state index is 13.8. The first kappa shape index (κ1) is 102. The number of carbonyl (C=O) groups excluding carboxylic acids is 4. The van der Waals surface area contributed by atoms with Gasteiger partial charge in [-0.25, -0.2) is 47.5 Å². The van der Waals surface area contributed by atoms with Crippen LogP contribution < -0.4 is 37.3 Å². The standard InChI is InChI=1S/C37H42Cl2N6O.2C26H21F2N5OS.C20H23N3O3/c1-44-35(46)37(43-36(44)40,19-18-24-6-3-2-4-7-24)23-25-8-5-9-30(20-25)45(33-16-10-26-21-28(38)12-14-31(26)41-33)34-17-11-27-22-29(39)13-15-32(27)42-34;2*1-25(21-11-19(14-35-21)18-9-15(12-29)8-16(10-18)13-30)22(23(34)33(3)24(31)32-25)17-4-6-20(7-5-17)26(2,27)28;1-20(12-18(24)23(2)19(21)22-20)15-7-5-6-13(10-15)14-8-9-16(25-3)17(11-14)26-4/h10-17,21-22,24-25,30H,2-9,18-20,23H2,1H3,(H2,40,43);2*4-11,14,22H,1-3H3,(H2,31,32);5-11H,12H2,1-4H3,(H2,21,22)/t25-,30+,37+;22-,25+;22-,25-;20-/m0010/s1. The van der Waals surface area contributed by atoms with Crippen molar-refractivity contribution in [2.45, 2.75) is 170 Å². The number of thiophene rings is 2. The molecular formula is C109H107Cl2F4N19O6S2. The van der Waals surface area contributed by atoms with Crippen molar-refractivity contribution < 1.29 is 46.2 Å². The number of benzene rings is 8. The fraction of sp³-hybridized carbons (Fsp3) is 0.321. The zero-order valence-corrected chi connectivity index (χ0v) is 83.5. The van der Waals surface area contributed by atoms with Crippen molar-refractivity contribution >= 4 is 127 Å². The molecule has 2 aliphatic carbocycles. The van der Waals surface area contributed by atoms with Crippen LogP contribution in [0, 0.1) is 57.2 Å². The Morgan fingerprint density at radius 2 is 0.937 bits per heavy atom. The highest BCUT2D eigenvalue weighted by molar-refractivity contribution is 7.11. The van der Waals surface area contributed by atoms with E-state index in [1.165, 1.54) is 144 Å². The number of amides is 4. The highest BCUT2D eigenvalue weighted by Gasteiger charge is 2.52. The van der Waals surface area contributed by atoms with E-state index in [9.17, 15) is 57.8 Å². The van der Waals surface area contributed by atoms with E-state index >= 15 is 0 Å². The van der Waals surface area contributed by atoms with Gasteiger partial charge < -0.3 is 37.3 Å². The number of halogens is 6. The molecule has 0 saturated heterocycles. The van der Waals surface area contributed by atoms with Gasteiger partial charge in [0.1, 0.15) is 28.3 Å². The van der Waals surface area contributed by atoms with Gasteiger partial charge in [0, 0.05) is 89.8 Å². The van der Waals surface area contributed by atoms with Crippen LogP contribution in [0.15, 0.2) is 231 Å². The number of carbonyl (C=O) groups is 4.